The van der Waals surface area contributed by atoms with E-state index in [1.165, 1.54) is 24.3 Å². The Morgan fingerprint density at radius 1 is 1.08 bits per heavy atom. The van der Waals surface area contributed by atoms with E-state index in [1.54, 1.807) is 75.4 Å². The van der Waals surface area contributed by atoms with Crippen molar-refractivity contribution in [1.29, 1.82) is 5.26 Å². The number of halogens is 1. The van der Waals surface area contributed by atoms with Crippen molar-refractivity contribution in [3.05, 3.63) is 83.3 Å². The van der Waals surface area contributed by atoms with E-state index in [0.717, 1.165) is 0 Å². The van der Waals surface area contributed by atoms with Gasteiger partial charge in [0.2, 0.25) is 5.91 Å². The molecular weight excluding hydrogens is 638 g/mol. The van der Waals surface area contributed by atoms with Crippen LogP contribution in [-0.4, -0.2) is 60.4 Å². The maximum absolute atomic E-state index is 13.3. The second-order valence-corrected chi connectivity index (χ2v) is 12.4. The van der Waals surface area contributed by atoms with Crippen molar-refractivity contribution >= 4 is 41.0 Å². The number of methoxy groups -OCH3 is 1. The van der Waals surface area contributed by atoms with Gasteiger partial charge in [-0.05, 0) is 81.3 Å². The number of ether oxygens (including phenoxy) is 3. The zero-order chi connectivity index (χ0) is 34.4. The molecule has 3 amide bonds. The summed E-state index contributed by atoms with van der Waals surface area (Å²) in [6.45, 7) is 5.96. The van der Waals surface area contributed by atoms with Gasteiger partial charge in [-0.1, -0.05) is 23.7 Å². The van der Waals surface area contributed by atoms with Crippen LogP contribution in [0, 0.1) is 17.2 Å². The predicted molar refractivity (Wildman–Crippen MR) is 179 cm³/mol. The molecule has 5 rings (SSSR count). The molecule has 12 nitrogen and oxygen atoms in total. The van der Waals surface area contributed by atoms with Gasteiger partial charge in [-0.3, -0.25) is 9.59 Å². The lowest BCUT2D eigenvalue weighted by Crippen LogP contribution is -2.36. The molecule has 1 unspecified atom stereocenters. The normalized spacial score (nSPS) is 14.2. The van der Waals surface area contributed by atoms with Crippen LogP contribution in [-0.2, 0) is 14.3 Å². The average molecular weight is 672 g/mol. The highest BCUT2D eigenvalue weighted by atomic mass is 35.5. The summed E-state index contributed by atoms with van der Waals surface area (Å²) in [6.07, 6.45) is 1.40. The minimum atomic E-state index is -0.638. The highest BCUT2D eigenvalue weighted by molar-refractivity contribution is 6.30. The fourth-order valence-corrected chi connectivity index (χ4v) is 5.28. The van der Waals surface area contributed by atoms with Gasteiger partial charge >= 0.3 is 6.09 Å². The maximum atomic E-state index is 13.3. The summed E-state index contributed by atoms with van der Waals surface area (Å²) in [5, 5.41) is 16.4. The predicted octanol–water partition coefficient (Wildman–Crippen LogP) is 6.96. The summed E-state index contributed by atoms with van der Waals surface area (Å²) in [5.74, 6) is -0.887. The third kappa shape index (κ3) is 8.12. The van der Waals surface area contributed by atoms with Gasteiger partial charge in [-0.25, -0.2) is 9.78 Å². The molecule has 1 fully saturated rings. The van der Waals surface area contributed by atoms with E-state index in [9.17, 15) is 19.6 Å². The highest BCUT2D eigenvalue weighted by Crippen LogP contribution is 2.38. The fourth-order valence-electron chi connectivity index (χ4n) is 5.12. The molecule has 1 atom stereocenters. The Kier molecular flexibility index (Phi) is 10.3. The van der Waals surface area contributed by atoms with Crippen LogP contribution in [0.15, 0.2) is 71.3 Å². The Labute approximate surface area is 282 Å². The molecule has 2 N–H and O–H groups in total. The lowest BCUT2D eigenvalue weighted by atomic mass is 9.97. The molecule has 4 aromatic rings. The molecule has 3 heterocycles. The number of likely N-dealkylation sites (tertiary alicyclic amines) is 1. The largest absolute Gasteiger partial charge is 0.467 e. The van der Waals surface area contributed by atoms with Crippen LogP contribution in [0.4, 0.5) is 16.3 Å². The molecular formula is C35H34ClN5O7. The van der Waals surface area contributed by atoms with E-state index in [0.29, 0.717) is 51.8 Å². The van der Waals surface area contributed by atoms with E-state index >= 15 is 0 Å². The fraction of sp³-hybridized carbons (Fsp3) is 0.286. The molecule has 0 spiro atoms. The minimum absolute atomic E-state index is 0.0123. The highest BCUT2D eigenvalue weighted by Gasteiger charge is 2.33. The Morgan fingerprint density at radius 2 is 1.90 bits per heavy atom. The third-order valence-corrected chi connectivity index (χ3v) is 7.55. The van der Waals surface area contributed by atoms with E-state index in [1.807, 2.05) is 0 Å². The molecule has 13 heteroatoms. The van der Waals surface area contributed by atoms with Crippen LogP contribution < -0.4 is 15.4 Å². The number of nitriles is 1. The van der Waals surface area contributed by atoms with Crippen molar-refractivity contribution < 1.29 is 33.0 Å². The summed E-state index contributed by atoms with van der Waals surface area (Å²) in [4.78, 5) is 45.0. The summed E-state index contributed by atoms with van der Waals surface area (Å²) < 4.78 is 21.6. The summed E-state index contributed by atoms with van der Waals surface area (Å²) in [5.41, 5.74) is 1.81. The first-order valence-corrected chi connectivity index (χ1v) is 15.4. The van der Waals surface area contributed by atoms with Gasteiger partial charge in [0.05, 0.1) is 17.9 Å². The first-order chi connectivity index (χ1) is 23.0. The quantitative estimate of drug-likeness (QED) is 0.180. The summed E-state index contributed by atoms with van der Waals surface area (Å²) in [7, 11) is 1.49. The number of pyridine rings is 1. The van der Waals surface area contributed by atoms with Gasteiger partial charge in [-0.15, -0.1) is 0 Å². The Morgan fingerprint density at radius 3 is 2.60 bits per heavy atom. The molecule has 48 heavy (non-hydrogen) atoms. The van der Waals surface area contributed by atoms with Crippen molar-refractivity contribution in [2.24, 2.45) is 5.92 Å². The molecule has 2 aromatic carbocycles. The second-order valence-electron chi connectivity index (χ2n) is 12.0. The number of aromatic nitrogens is 1. The smallest absolute Gasteiger partial charge is 0.410 e. The maximum Gasteiger partial charge on any atom is 0.410 e. The number of rotatable bonds is 9. The lowest BCUT2D eigenvalue weighted by Gasteiger charge is -2.24. The van der Waals surface area contributed by atoms with Gasteiger partial charge in [0.15, 0.2) is 18.4 Å². The number of furan rings is 1. The van der Waals surface area contributed by atoms with Crippen LogP contribution in [0.5, 0.6) is 5.75 Å². The first kappa shape index (κ1) is 34.0. The van der Waals surface area contributed by atoms with Crippen LogP contribution in [0.2, 0.25) is 5.02 Å². The number of hydrogen-bond acceptors (Lipinski definition) is 9. The van der Waals surface area contributed by atoms with Gasteiger partial charge in [0.1, 0.15) is 23.0 Å². The second kappa shape index (κ2) is 14.6. The Bertz CT molecular complexity index is 1860. The van der Waals surface area contributed by atoms with E-state index in [4.69, 9.17) is 30.2 Å². The number of nitrogens with one attached hydrogen (secondary N) is 2. The molecule has 0 aliphatic carbocycles. The van der Waals surface area contributed by atoms with Crippen molar-refractivity contribution in [3.63, 3.8) is 0 Å². The molecule has 1 saturated heterocycles. The molecule has 0 radical (unpaired) electrons. The molecule has 0 saturated carbocycles. The third-order valence-electron chi connectivity index (χ3n) is 7.31. The van der Waals surface area contributed by atoms with Crippen molar-refractivity contribution in [3.8, 4) is 34.2 Å². The van der Waals surface area contributed by atoms with E-state index in [2.05, 4.69) is 21.7 Å². The molecule has 248 valence electrons. The van der Waals surface area contributed by atoms with Gasteiger partial charge in [-0.2, -0.15) is 5.26 Å². The SMILES string of the molecule is COCOc1cc(Cl)ccc1-c1cc(-c2cccc(NC(=O)C3CCN(C(=O)OC(C)(C)C)C3)c2)c(C#N)c(NC(=O)c2ccco2)n1. The first-order valence-electron chi connectivity index (χ1n) is 15.1. The van der Waals surface area contributed by atoms with Crippen molar-refractivity contribution in [2.45, 2.75) is 32.8 Å². The minimum Gasteiger partial charge on any atom is -0.467 e. The number of amides is 3. The number of anilines is 2. The van der Waals surface area contributed by atoms with E-state index < -0.39 is 23.5 Å². The number of benzene rings is 2. The molecule has 2 aromatic heterocycles. The van der Waals surface area contributed by atoms with Crippen molar-refractivity contribution in [2.75, 3.05) is 37.6 Å². The zero-order valence-corrected chi connectivity index (χ0v) is 27.6. The van der Waals surface area contributed by atoms with Crippen LogP contribution in [0.3, 0.4) is 0 Å². The molecule has 0 bridgehead atoms. The van der Waals surface area contributed by atoms with Crippen LogP contribution >= 0.6 is 11.6 Å². The monoisotopic (exact) mass is 671 g/mol. The molecule has 1 aliphatic rings. The van der Waals surface area contributed by atoms with Crippen molar-refractivity contribution in [1.82, 2.24) is 9.88 Å². The zero-order valence-electron chi connectivity index (χ0n) is 26.8. The number of nitrogens with zero attached hydrogens (tertiary/aromatic N) is 3. The molecule has 1 aliphatic heterocycles. The topological polar surface area (TPSA) is 156 Å². The lowest BCUT2D eigenvalue weighted by molar-refractivity contribution is -0.119. The number of carbonyl (C=O) groups excluding carboxylic acids is 3. The number of hydrogen-bond donors (Lipinski definition) is 2. The number of carbonyl (C=O) groups is 3. The Balaban J connectivity index is 1.49. The van der Waals surface area contributed by atoms with Crippen LogP contribution in [0.1, 0.15) is 43.3 Å². The standard InChI is InChI=1S/C35H34ClN5O7/c1-35(2,3)48-34(44)41-13-12-22(19-41)32(42)38-24-8-5-7-21(15-24)26-17-28(25-11-10-23(36)16-30(25)47-20-45-4)39-31(27(26)18-37)40-33(43)29-9-6-14-46-29/h5-11,14-17,22H,12-13,19-20H2,1-4H3,(H,38,42)(H,39,40,43). The summed E-state index contributed by atoms with van der Waals surface area (Å²) in [6, 6.07) is 18.9. The van der Waals surface area contributed by atoms with Gasteiger partial charge < -0.3 is 34.2 Å². The van der Waals surface area contributed by atoms with Gasteiger partial charge in [0.25, 0.3) is 5.91 Å². The average Bonchev–Trinajstić information content (AvgIpc) is 3.77. The van der Waals surface area contributed by atoms with E-state index in [-0.39, 0.29) is 36.4 Å². The van der Waals surface area contributed by atoms with Gasteiger partial charge in [0, 0.05) is 42.0 Å². The summed E-state index contributed by atoms with van der Waals surface area (Å²) >= 11 is 6.26. The van der Waals surface area contributed by atoms with Crippen LogP contribution in [0.25, 0.3) is 22.4 Å². The Hall–Kier alpha value is -5.38.